The molecule has 3 aromatic rings. The molecule has 0 atom stereocenters. The van der Waals surface area contributed by atoms with Gasteiger partial charge in [0.05, 0.1) is 0 Å². The maximum Gasteiger partial charge on any atom is 0.224 e. The van der Waals surface area contributed by atoms with Crippen LogP contribution in [0.5, 0.6) is 0 Å². The summed E-state index contributed by atoms with van der Waals surface area (Å²) in [7, 11) is 0. The molecule has 0 spiro atoms. The Kier molecular flexibility index (Phi) is 3.42. The lowest BCUT2D eigenvalue weighted by Gasteiger charge is -2.04. The minimum Gasteiger partial charge on any atom is -0.440 e. The zero-order chi connectivity index (χ0) is 14.9. The molecule has 5 heteroatoms. The summed E-state index contributed by atoms with van der Waals surface area (Å²) in [6, 6.07) is 9.69. The first-order chi connectivity index (χ1) is 10.8. The predicted molar refractivity (Wildman–Crippen MR) is 87.3 cm³/mol. The first-order valence-electron chi connectivity index (χ1n) is 7.51. The molecule has 1 N–H and O–H groups in total. The van der Waals surface area contributed by atoms with E-state index < -0.39 is 0 Å². The Labute approximate surface area is 132 Å². The van der Waals surface area contributed by atoms with Crippen LogP contribution in [-0.2, 0) is 11.2 Å². The monoisotopic (exact) mass is 312 g/mol. The molecule has 1 aliphatic rings. The number of hydrogen-bond donors (Lipinski definition) is 1. The van der Waals surface area contributed by atoms with Crippen molar-refractivity contribution >= 4 is 34.0 Å². The number of fused-ring (bicyclic) bond motifs is 1. The second kappa shape index (κ2) is 5.57. The fourth-order valence-electron chi connectivity index (χ4n) is 2.44. The molecule has 2 aromatic heterocycles. The quantitative estimate of drug-likeness (QED) is 0.762. The Bertz CT molecular complexity index is 803. The van der Waals surface area contributed by atoms with Crippen molar-refractivity contribution in [2.24, 2.45) is 0 Å². The van der Waals surface area contributed by atoms with Crippen LogP contribution in [0.25, 0.3) is 11.1 Å². The number of carbonyl (C=O) groups is 1. The lowest BCUT2D eigenvalue weighted by molar-refractivity contribution is -0.116. The number of nitrogens with zero attached hydrogens (tertiary/aromatic N) is 1. The molecule has 4 rings (SSSR count). The summed E-state index contributed by atoms with van der Waals surface area (Å²) in [6.45, 7) is 0. The first-order valence-corrected chi connectivity index (χ1v) is 8.38. The van der Waals surface area contributed by atoms with Gasteiger partial charge in [-0.2, -0.15) is 0 Å². The van der Waals surface area contributed by atoms with Gasteiger partial charge in [-0.05, 0) is 48.9 Å². The van der Waals surface area contributed by atoms with Crippen LogP contribution in [0.1, 0.15) is 35.9 Å². The molecule has 1 aromatic carbocycles. The number of anilines is 1. The van der Waals surface area contributed by atoms with Crippen molar-refractivity contribution in [2.75, 3.05) is 5.32 Å². The third-order valence-corrected chi connectivity index (χ3v) is 4.73. The lowest BCUT2D eigenvalue weighted by Crippen LogP contribution is -2.11. The van der Waals surface area contributed by atoms with Crippen LogP contribution in [0.4, 0.5) is 5.69 Å². The smallest absolute Gasteiger partial charge is 0.224 e. The molecule has 1 fully saturated rings. The minimum atomic E-state index is 0.0265. The van der Waals surface area contributed by atoms with Crippen LogP contribution < -0.4 is 5.32 Å². The summed E-state index contributed by atoms with van der Waals surface area (Å²) in [4.78, 5) is 17.8. The molecule has 1 amide bonds. The van der Waals surface area contributed by atoms with Gasteiger partial charge < -0.3 is 9.73 Å². The van der Waals surface area contributed by atoms with Gasteiger partial charge in [0.2, 0.25) is 5.91 Å². The number of oxazole rings is 1. The number of thiophene rings is 1. The van der Waals surface area contributed by atoms with E-state index in [-0.39, 0.29) is 5.91 Å². The molecular weight excluding hydrogens is 296 g/mol. The molecule has 2 heterocycles. The Morgan fingerprint density at radius 3 is 3.05 bits per heavy atom. The van der Waals surface area contributed by atoms with Crippen molar-refractivity contribution in [2.45, 2.75) is 31.6 Å². The van der Waals surface area contributed by atoms with E-state index in [0.29, 0.717) is 12.3 Å². The third kappa shape index (κ3) is 2.90. The molecule has 4 nitrogen and oxygen atoms in total. The van der Waals surface area contributed by atoms with E-state index >= 15 is 0 Å². The van der Waals surface area contributed by atoms with Gasteiger partial charge in [0.15, 0.2) is 11.5 Å². The van der Waals surface area contributed by atoms with Gasteiger partial charge in [-0.15, -0.1) is 11.3 Å². The maximum atomic E-state index is 12.0. The van der Waals surface area contributed by atoms with Crippen LogP contribution in [0.15, 0.2) is 40.1 Å². The Morgan fingerprint density at radius 2 is 2.27 bits per heavy atom. The number of benzene rings is 1. The van der Waals surface area contributed by atoms with E-state index in [1.165, 1.54) is 17.7 Å². The number of amides is 1. The average molecular weight is 312 g/mol. The van der Waals surface area contributed by atoms with Crippen molar-refractivity contribution in [1.82, 2.24) is 4.98 Å². The average Bonchev–Trinajstić information content (AvgIpc) is 3.08. The molecule has 0 unspecified atom stereocenters. The number of aromatic nitrogens is 1. The molecule has 1 aliphatic carbocycles. The predicted octanol–water partition coefficient (Wildman–Crippen LogP) is 4.34. The zero-order valence-corrected chi connectivity index (χ0v) is 12.9. The van der Waals surface area contributed by atoms with Gasteiger partial charge >= 0.3 is 0 Å². The van der Waals surface area contributed by atoms with Gasteiger partial charge in [-0.1, -0.05) is 6.07 Å². The summed E-state index contributed by atoms with van der Waals surface area (Å²) in [5.41, 5.74) is 2.38. The minimum absolute atomic E-state index is 0.0265. The number of aryl methyl sites for hydroxylation is 1. The summed E-state index contributed by atoms with van der Waals surface area (Å²) in [5.74, 6) is 1.35. The molecule has 0 bridgehead atoms. The highest BCUT2D eigenvalue weighted by atomic mass is 32.1. The highest BCUT2D eigenvalue weighted by Gasteiger charge is 2.28. The number of rotatable bonds is 5. The third-order valence-electron chi connectivity index (χ3n) is 3.79. The highest BCUT2D eigenvalue weighted by molar-refractivity contribution is 7.09. The molecule has 22 heavy (non-hydrogen) atoms. The Hall–Kier alpha value is -2.14. The Morgan fingerprint density at radius 1 is 1.36 bits per heavy atom. The molecular formula is C17H16N2O2S. The second-order valence-electron chi connectivity index (χ2n) is 5.64. The standard InChI is InChI=1S/C17H16N2O2S/c20-16(8-6-13-2-1-9-22-13)18-12-5-7-15-14(10-12)19-17(21-15)11-3-4-11/h1-2,5,7,9-11H,3-4,6,8H2,(H,18,20). The summed E-state index contributed by atoms with van der Waals surface area (Å²) in [6.07, 6.45) is 3.60. The number of carbonyl (C=O) groups excluding carboxylic acids is 1. The van der Waals surface area contributed by atoms with Crippen molar-refractivity contribution in [3.63, 3.8) is 0 Å². The molecule has 1 saturated carbocycles. The molecule has 112 valence electrons. The summed E-state index contributed by atoms with van der Waals surface area (Å²) >= 11 is 1.68. The fraction of sp³-hybridized carbons (Fsp3) is 0.294. The van der Waals surface area contributed by atoms with E-state index in [4.69, 9.17) is 4.42 Å². The van der Waals surface area contributed by atoms with Crippen LogP contribution in [0.3, 0.4) is 0 Å². The van der Waals surface area contributed by atoms with Gasteiger partial charge in [0.1, 0.15) is 5.52 Å². The van der Waals surface area contributed by atoms with Crippen LogP contribution in [0, 0.1) is 0 Å². The van der Waals surface area contributed by atoms with Crippen LogP contribution in [-0.4, -0.2) is 10.9 Å². The van der Waals surface area contributed by atoms with E-state index in [9.17, 15) is 4.79 Å². The maximum absolute atomic E-state index is 12.0. The number of hydrogen-bond acceptors (Lipinski definition) is 4. The number of nitrogens with one attached hydrogen (secondary N) is 1. The molecule has 0 aliphatic heterocycles. The van der Waals surface area contributed by atoms with Gasteiger partial charge in [-0.3, -0.25) is 4.79 Å². The fourth-order valence-corrected chi connectivity index (χ4v) is 3.15. The van der Waals surface area contributed by atoms with Crippen molar-refractivity contribution in [1.29, 1.82) is 0 Å². The van der Waals surface area contributed by atoms with Gasteiger partial charge in [-0.25, -0.2) is 4.98 Å². The topological polar surface area (TPSA) is 55.1 Å². The normalized spacial score (nSPS) is 14.4. The van der Waals surface area contributed by atoms with E-state index in [0.717, 1.165) is 29.1 Å². The first kappa shape index (κ1) is 13.5. The zero-order valence-electron chi connectivity index (χ0n) is 12.0. The van der Waals surface area contributed by atoms with E-state index in [1.807, 2.05) is 29.6 Å². The molecule has 0 radical (unpaired) electrons. The molecule has 0 saturated heterocycles. The van der Waals surface area contributed by atoms with Crippen LogP contribution >= 0.6 is 11.3 Å². The van der Waals surface area contributed by atoms with Crippen molar-refractivity contribution in [3.8, 4) is 0 Å². The second-order valence-corrected chi connectivity index (χ2v) is 6.67. The largest absolute Gasteiger partial charge is 0.440 e. The van der Waals surface area contributed by atoms with E-state index in [1.54, 1.807) is 11.3 Å². The Balaban J connectivity index is 1.43. The van der Waals surface area contributed by atoms with Crippen LogP contribution in [0.2, 0.25) is 0 Å². The van der Waals surface area contributed by atoms with E-state index in [2.05, 4.69) is 16.4 Å². The SMILES string of the molecule is O=C(CCc1cccs1)Nc1ccc2oc(C3CC3)nc2c1. The lowest BCUT2D eigenvalue weighted by atomic mass is 10.2. The van der Waals surface area contributed by atoms with Gasteiger partial charge in [0.25, 0.3) is 0 Å². The highest BCUT2D eigenvalue weighted by Crippen LogP contribution is 2.40. The van der Waals surface area contributed by atoms with Crippen molar-refractivity contribution in [3.05, 3.63) is 46.5 Å². The van der Waals surface area contributed by atoms with Gasteiger partial charge in [0, 0.05) is 22.9 Å². The summed E-state index contributed by atoms with van der Waals surface area (Å²) in [5, 5.41) is 4.97. The van der Waals surface area contributed by atoms with Crippen molar-refractivity contribution < 1.29 is 9.21 Å². The summed E-state index contributed by atoms with van der Waals surface area (Å²) < 4.78 is 5.73.